The lowest BCUT2D eigenvalue weighted by atomic mass is 9.95. The second-order valence-electron chi connectivity index (χ2n) is 7.54. The van der Waals surface area contributed by atoms with Gasteiger partial charge in [0.05, 0.1) is 6.61 Å². The number of likely N-dealkylation sites (tertiary alicyclic amines) is 1. The van der Waals surface area contributed by atoms with Crippen LogP contribution in [0.1, 0.15) is 36.5 Å². The van der Waals surface area contributed by atoms with Gasteiger partial charge in [0.15, 0.2) is 0 Å². The number of ether oxygens (including phenoxy) is 1. The number of nitrogens with zero attached hydrogens (tertiary/aromatic N) is 2. The fraction of sp³-hybridized carbons (Fsp3) is 0.478. The number of rotatable bonds is 5. The molecule has 2 heterocycles. The molecule has 1 fully saturated rings. The molecule has 0 saturated carbocycles. The molecule has 3 nitrogen and oxygen atoms in total. The third-order valence-corrected chi connectivity index (χ3v) is 5.90. The Bertz CT molecular complexity index is 722. The molecular weight excluding hydrogens is 320 g/mol. The quantitative estimate of drug-likeness (QED) is 0.807. The van der Waals surface area contributed by atoms with E-state index in [9.17, 15) is 0 Å². The summed E-state index contributed by atoms with van der Waals surface area (Å²) in [6.45, 7) is 8.51. The zero-order valence-electron chi connectivity index (χ0n) is 15.9. The van der Waals surface area contributed by atoms with Crippen molar-refractivity contribution in [1.29, 1.82) is 0 Å². The molecule has 2 aromatic carbocycles. The van der Waals surface area contributed by atoms with Gasteiger partial charge in [0, 0.05) is 31.2 Å². The summed E-state index contributed by atoms with van der Waals surface area (Å²) in [4.78, 5) is 5.31. The SMILES string of the molecule is CCOc1ccccc1CN1CCC(N2CCc3ccccc3C2)CC1. The first-order valence-corrected chi connectivity index (χ1v) is 10.1. The molecule has 0 N–H and O–H groups in total. The summed E-state index contributed by atoms with van der Waals surface area (Å²) in [5.41, 5.74) is 4.40. The fourth-order valence-corrected chi connectivity index (χ4v) is 4.44. The van der Waals surface area contributed by atoms with Crippen LogP contribution in [0.15, 0.2) is 48.5 Å². The third kappa shape index (κ3) is 3.94. The maximum Gasteiger partial charge on any atom is 0.123 e. The lowest BCUT2D eigenvalue weighted by Crippen LogP contribution is -2.46. The molecule has 0 aromatic heterocycles. The molecule has 4 rings (SSSR count). The summed E-state index contributed by atoms with van der Waals surface area (Å²) in [6.07, 6.45) is 3.76. The predicted octanol–water partition coefficient (Wildman–Crippen LogP) is 4.11. The average molecular weight is 351 g/mol. The number of piperidine rings is 1. The van der Waals surface area contributed by atoms with Crippen molar-refractivity contribution in [1.82, 2.24) is 9.80 Å². The van der Waals surface area contributed by atoms with Gasteiger partial charge in [-0.3, -0.25) is 9.80 Å². The monoisotopic (exact) mass is 350 g/mol. The van der Waals surface area contributed by atoms with Crippen LogP contribution in [0.25, 0.3) is 0 Å². The number of hydrogen-bond donors (Lipinski definition) is 0. The van der Waals surface area contributed by atoms with E-state index in [0.29, 0.717) is 0 Å². The highest BCUT2D eigenvalue weighted by molar-refractivity contribution is 5.33. The van der Waals surface area contributed by atoms with Gasteiger partial charge in [-0.2, -0.15) is 0 Å². The molecule has 138 valence electrons. The summed E-state index contributed by atoms with van der Waals surface area (Å²) in [5, 5.41) is 0. The Morgan fingerprint density at radius 1 is 0.923 bits per heavy atom. The predicted molar refractivity (Wildman–Crippen MR) is 106 cm³/mol. The molecule has 2 aromatic rings. The Morgan fingerprint density at radius 3 is 2.46 bits per heavy atom. The molecular formula is C23H30N2O. The van der Waals surface area contributed by atoms with Crippen molar-refractivity contribution in [3.63, 3.8) is 0 Å². The van der Waals surface area contributed by atoms with Crippen LogP contribution in [0.5, 0.6) is 5.75 Å². The number of hydrogen-bond acceptors (Lipinski definition) is 3. The lowest BCUT2D eigenvalue weighted by Gasteiger charge is -2.40. The Kier molecular flexibility index (Phi) is 5.57. The topological polar surface area (TPSA) is 15.7 Å². The standard InChI is InChI=1S/C23H30N2O/c1-2-26-23-10-6-5-9-21(23)17-24-14-12-22(13-15-24)25-16-11-19-7-3-4-8-20(19)18-25/h3-10,22H,2,11-18H2,1H3. The van der Waals surface area contributed by atoms with Crippen LogP contribution in [0.4, 0.5) is 0 Å². The smallest absolute Gasteiger partial charge is 0.123 e. The highest BCUT2D eigenvalue weighted by atomic mass is 16.5. The van der Waals surface area contributed by atoms with Gasteiger partial charge in [-0.1, -0.05) is 42.5 Å². The van der Waals surface area contributed by atoms with Gasteiger partial charge in [-0.05, 0) is 56.5 Å². The molecule has 0 spiro atoms. The molecule has 26 heavy (non-hydrogen) atoms. The normalized spacial score (nSPS) is 19.3. The van der Waals surface area contributed by atoms with Gasteiger partial charge < -0.3 is 4.74 Å². The molecule has 2 aliphatic rings. The van der Waals surface area contributed by atoms with E-state index in [1.54, 1.807) is 5.56 Å². The molecule has 0 atom stereocenters. The summed E-state index contributed by atoms with van der Waals surface area (Å²) >= 11 is 0. The first-order valence-electron chi connectivity index (χ1n) is 10.1. The minimum absolute atomic E-state index is 0.732. The van der Waals surface area contributed by atoms with Crippen LogP contribution >= 0.6 is 0 Å². The summed E-state index contributed by atoms with van der Waals surface area (Å²) in [6, 6.07) is 18.2. The van der Waals surface area contributed by atoms with E-state index in [1.165, 1.54) is 50.0 Å². The van der Waals surface area contributed by atoms with Gasteiger partial charge in [0.1, 0.15) is 5.75 Å². The summed E-state index contributed by atoms with van der Waals surface area (Å²) in [5.74, 6) is 1.05. The van der Waals surface area contributed by atoms with Crippen molar-refractivity contribution >= 4 is 0 Å². The number of benzene rings is 2. The van der Waals surface area contributed by atoms with Crippen LogP contribution in [0.3, 0.4) is 0 Å². The Balaban J connectivity index is 1.32. The molecule has 0 aliphatic carbocycles. The maximum absolute atomic E-state index is 5.79. The minimum Gasteiger partial charge on any atom is -0.494 e. The zero-order valence-corrected chi connectivity index (χ0v) is 15.9. The molecule has 0 radical (unpaired) electrons. The van der Waals surface area contributed by atoms with Crippen molar-refractivity contribution in [2.45, 2.75) is 45.3 Å². The van der Waals surface area contributed by atoms with E-state index in [0.717, 1.165) is 31.5 Å². The van der Waals surface area contributed by atoms with E-state index in [4.69, 9.17) is 4.74 Å². The van der Waals surface area contributed by atoms with E-state index < -0.39 is 0 Å². The lowest BCUT2D eigenvalue weighted by molar-refractivity contribution is 0.0944. The van der Waals surface area contributed by atoms with Gasteiger partial charge in [-0.25, -0.2) is 0 Å². The minimum atomic E-state index is 0.732. The number of fused-ring (bicyclic) bond motifs is 1. The zero-order chi connectivity index (χ0) is 17.8. The van der Waals surface area contributed by atoms with Crippen LogP contribution in [-0.2, 0) is 19.5 Å². The Hall–Kier alpha value is -1.84. The summed E-state index contributed by atoms with van der Waals surface area (Å²) < 4.78 is 5.79. The molecule has 2 aliphatic heterocycles. The fourth-order valence-electron chi connectivity index (χ4n) is 4.44. The Labute approximate surface area is 157 Å². The largest absolute Gasteiger partial charge is 0.494 e. The van der Waals surface area contributed by atoms with Crippen LogP contribution < -0.4 is 4.74 Å². The van der Waals surface area contributed by atoms with Crippen molar-refractivity contribution in [2.75, 3.05) is 26.2 Å². The first-order chi connectivity index (χ1) is 12.8. The van der Waals surface area contributed by atoms with Crippen LogP contribution in [0, 0.1) is 0 Å². The highest BCUT2D eigenvalue weighted by Gasteiger charge is 2.27. The van der Waals surface area contributed by atoms with E-state index in [2.05, 4.69) is 65.3 Å². The van der Waals surface area contributed by atoms with Gasteiger partial charge in [0.2, 0.25) is 0 Å². The van der Waals surface area contributed by atoms with Crippen molar-refractivity contribution in [3.8, 4) is 5.75 Å². The maximum atomic E-state index is 5.79. The molecule has 0 amide bonds. The molecule has 0 bridgehead atoms. The van der Waals surface area contributed by atoms with E-state index >= 15 is 0 Å². The van der Waals surface area contributed by atoms with E-state index in [-0.39, 0.29) is 0 Å². The average Bonchev–Trinajstić information content (AvgIpc) is 2.70. The first kappa shape index (κ1) is 17.6. The second kappa shape index (κ2) is 8.24. The van der Waals surface area contributed by atoms with Crippen molar-refractivity contribution in [2.24, 2.45) is 0 Å². The van der Waals surface area contributed by atoms with Crippen LogP contribution in [-0.4, -0.2) is 42.1 Å². The van der Waals surface area contributed by atoms with Gasteiger partial charge >= 0.3 is 0 Å². The third-order valence-electron chi connectivity index (χ3n) is 5.90. The van der Waals surface area contributed by atoms with Gasteiger partial charge in [-0.15, -0.1) is 0 Å². The molecule has 3 heteroatoms. The number of para-hydroxylation sites is 1. The summed E-state index contributed by atoms with van der Waals surface area (Å²) in [7, 11) is 0. The van der Waals surface area contributed by atoms with Crippen molar-refractivity contribution in [3.05, 3.63) is 65.2 Å². The Morgan fingerprint density at radius 2 is 1.65 bits per heavy atom. The highest BCUT2D eigenvalue weighted by Crippen LogP contribution is 2.26. The van der Waals surface area contributed by atoms with Crippen molar-refractivity contribution < 1.29 is 4.74 Å². The molecule has 0 unspecified atom stereocenters. The molecule has 1 saturated heterocycles. The van der Waals surface area contributed by atoms with Crippen LogP contribution in [0.2, 0.25) is 0 Å². The van der Waals surface area contributed by atoms with Gasteiger partial charge in [0.25, 0.3) is 0 Å². The van der Waals surface area contributed by atoms with E-state index in [1.807, 2.05) is 0 Å². The second-order valence-corrected chi connectivity index (χ2v) is 7.54.